The number of nitrogens with zero attached hydrogens (tertiary/aromatic N) is 4. The largest absolute Gasteiger partial charge is 0.359 e. The highest BCUT2D eigenvalue weighted by molar-refractivity contribution is 6.32. The van der Waals surface area contributed by atoms with E-state index in [1.54, 1.807) is 0 Å². The van der Waals surface area contributed by atoms with E-state index < -0.39 is 0 Å². The first-order chi connectivity index (χ1) is 11.8. The van der Waals surface area contributed by atoms with Crippen LogP contribution in [0.25, 0.3) is 0 Å². The summed E-state index contributed by atoms with van der Waals surface area (Å²) in [5, 5.41) is 17.7. The molecule has 0 amide bonds. The first-order valence-electron chi connectivity index (χ1n) is 7.83. The molecular weight excluding hydrogens is 342 g/mol. The molecule has 3 rings (SSSR count). The third-order valence-corrected chi connectivity index (χ3v) is 3.75. The minimum absolute atomic E-state index is 0.0235. The summed E-state index contributed by atoms with van der Waals surface area (Å²) in [7, 11) is 0. The Labute approximate surface area is 150 Å². The fourth-order valence-corrected chi connectivity index (χ4v) is 2.24. The topological polar surface area (TPSA) is 105 Å². The first-order valence-corrected chi connectivity index (χ1v) is 8.20. The lowest BCUT2D eigenvalue weighted by molar-refractivity contribution is 0.384. The minimum Gasteiger partial charge on any atom is -0.359 e. The van der Waals surface area contributed by atoms with Crippen LogP contribution in [0.4, 0.5) is 17.6 Å². The van der Waals surface area contributed by atoms with Gasteiger partial charge >= 0.3 is 0 Å². The summed E-state index contributed by atoms with van der Waals surface area (Å²) in [4.78, 5) is 8.54. The lowest BCUT2D eigenvalue weighted by Crippen LogP contribution is -2.11. The molecule has 0 unspecified atom stereocenters. The first kappa shape index (κ1) is 17.2. The molecule has 3 aromatic rings. The van der Waals surface area contributed by atoms with Gasteiger partial charge in [0.2, 0.25) is 5.95 Å². The van der Waals surface area contributed by atoms with Crippen LogP contribution in [-0.2, 0) is 12.0 Å². The van der Waals surface area contributed by atoms with Gasteiger partial charge in [-0.1, -0.05) is 37.5 Å². The molecule has 0 radical (unpaired) electrons. The van der Waals surface area contributed by atoms with E-state index in [1.807, 2.05) is 19.1 Å². The molecule has 0 spiro atoms. The molecule has 25 heavy (non-hydrogen) atoms. The van der Waals surface area contributed by atoms with Crippen LogP contribution in [0.1, 0.15) is 37.9 Å². The number of aromatic nitrogens is 5. The molecular formula is C16H20ClN7O. The van der Waals surface area contributed by atoms with E-state index in [9.17, 15) is 0 Å². The number of hydrogen-bond acceptors (Lipinski definition) is 7. The molecule has 0 bridgehead atoms. The van der Waals surface area contributed by atoms with Crippen LogP contribution in [0.5, 0.6) is 0 Å². The van der Waals surface area contributed by atoms with Gasteiger partial charge in [0, 0.05) is 23.2 Å². The molecule has 0 aliphatic rings. The molecule has 0 saturated carbocycles. The van der Waals surface area contributed by atoms with Gasteiger partial charge in [-0.15, -0.1) is 0 Å². The van der Waals surface area contributed by atoms with Gasteiger partial charge in [-0.3, -0.25) is 5.10 Å². The van der Waals surface area contributed by atoms with E-state index in [2.05, 4.69) is 56.7 Å². The van der Waals surface area contributed by atoms with Gasteiger partial charge in [0.1, 0.15) is 5.02 Å². The fourth-order valence-electron chi connectivity index (χ4n) is 2.10. The van der Waals surface area contributed by atoms with Crippen LogP contribution >= 0.6 is 11.6 Å². The Hall–Kier alpha value is -2.61. The predicted octanol–water partition coefficient (Wildman–Crippen LogP) is 3.80. The highest BCUT2D eigenvalue weighted by Gasteiger charge is 2.17. The fraction of sp³-hybridized carbons (Fsp3) is 0.375. The second-order valence-electron chi connectivity index (χ2n) is 6.72. The number of halogens is 1. The predicted molar refractivity (Wildman–Crippen MR) is 96.2 cm³/mol. The van der Waals surface area contributed by atoms with E-state index in [0.29, 0.717) is 34.9 Å². The van der Waals surface area contributed by atoms with Crippen molar-refractivity contribution < 1.29 is 4.52 Å². The zero-order chi connectivity index (χ0) is 18.0. The summed E-state index contributed by atoms with van der Waals surface area (Å²) in [6.07, 6.45) is 1.53. The third kappa shape index (κ3) is 4.27. The van der Waals surface area contributed by atoms with Crippen molar-refractivity contribution in [3.05, 3.63) is 40.5 Å². The van der Waals surface area contributed by atoms with Gasteiger partial charge < -0.3 is 15.2 Å². The van der Waals surface area contributed by atoms with Gasteiger partial charge in [0.05, 0.1) is 18.4 Å². The molecule has 3 aromatic heterocycles. The molecule has 8 nitrogen and oxygen atoms in total. The van der Waals surface area contributed by atoms with Crippen molar-refractivity contribution in [2.75, 3.05) is 10.6 Å². The van der Waals surface area contributed by atoms with Crippen LogP contribution in [0.3, 0.4) is 0 Å². The highest BCUT2D eigenvalue weighted by Crippen LogP contribution is 2.26. The lowest BCUT2D eigenvalue weighted by atomic mass is 9.92. The molecule has 3 heterocycles. The van der Waals surface area contributed by atoms with Crippen molar-refractivity contribution in [3.63, 3.8) is 0 Å². The van der Waals surface area contributed by atoms with Crippen LogP contribution in [0, 0.1) is 6.92 Å². The van der Waals surface area contributed by atoms with Crippen molar-refractivity contribution >= 4 is 29.2 Å². The lowest BCUT2D eigenvalue weighted by Gasteiger charge is -2.14. The third-order valence-electron chi connectivity index (χ3n) is 3.47. The Morgan fingerprint density at radius 1 is 1.28 bits per heavy atom. The summed E-state index contributed by atoms with van der Waals surface area (Å²) in [6, 6.07) is 3.78. The number of nitrogens with one attached hydrogen (secondary N) is 3. The summed E-state index contributed by atoms with van der Waals surface area (Å²) in [6.45, 7) is 8.61. The summed E-state index contributed by atoms with van der Waals surface area (Å²) in [5.41, 5.74) is 1.81. The molecule has 3 N–H and O–H groups in total. The van der Waals surface area contributed by atoms with Crippen molar-refractivity contribution in [1.82, 2.24) is 25.3 Å². The van der Waals surface area contributed by atoms with E-state index in [1.165, 1.54) is 6.20 Å². The van der Waals surface area contributed by atoms with Crippen LogP contribution < -0.4 is 10.6 Å². The standard InChI is InChI=1S/C16H20ClN7O/c1-9-5-10(25-24-9)7-18-15-19-8-11(17)14(21-15)20-13-6-12(22-23-13)16(2,3)4/h5-6,8H,7H2,1-4H3,(H3,18,19,20,21,22,23). The van der Waals surface area contributed by atoms with Crippen LogP contribution in [-0.4, -0.2) is 25.3 Å². The Balaban J connectivity index is 1.72. The van der Waals surface area contributed by atoms with Crippen LogP contribution in [0.2, 0.25) is 5.02 Å². The van der Waals surface area contributed by atoms with Crippen molar-refractivity contribution in [2.24, 2.45) is 0 Å². The monoisotopic (exact) mass is 361 g/mol. The summed E-state index contributed by atoms with van der Waals surface area (Å²) in [5.74, 6) is 2.24. The molecule has 0 aliphatic carbocycles. The molecule has 9 heteroatoms. The average Bonchev–Trinajstić information content (AvgIpc) is 3.17. The molecule has 132 valence electrons. The quantitative estimate of drug-likeness (QED) is 0.634. The molecule has 0 aliphatic heterocycles. The Bertz CT molecular complexity index is 865. The number of hydrogen-bond donors (Lipinski definition) is 3. The second kappa shape index (κ2) is 6.72. The maximum Gasteiger partial charge on any atom is 0.225 e. The van der Waals surface area contributed by atoms with Gasteiger partial charge in [0.15, 0.2) is 17.4 Å². The van der Waals surface area contributed by atoms with Crippen molar-refractivity contribution in [1.29, 1.82) is 0 Å². The zero-order valence-corrected chi connectivity index (χ0v) is 15.3. The maximum atomic E-state index is 6.18. The molecule has 0 atom stereocenters. The Kier molecular flexibility index (Phi) is 4.63. The molecule has 0 fully saturated rings. The maximum absolute atomic E-state index is 6.18. The SMILES string of the molecule is Cc1cc(CNc2ncc(Cl)c(Nc3cc(C(C)(C)C)[nH]n3)n2)on1. The van der Waals surface area contributed by atoms with E-state index >= 15 is 0 Å². The number of rotatable bonds is 5. The Morgan fingerprint density at radius 3 is 2.72 bits per heavy atom. The van der Waals surface area contributed by atoms with E-state index in [4.69, 9.17) is 16.1 Å². The zero-order valence-electron chi connectivity index (χ0n) is 14.5. The van der Waals surface area contributed by atoms with Gasteiger partial charge in [0.25, 0.3) is 0 Å². The molecule has 0 aromatic carbocycles. The smallest absolute Gasteiger partial charge is 0.225 e. The summed E-state index contributed by atoms with van der Waals surface area (Å²) >= 11 is 6.18. The number of aromatic amines is 1. The van der Waals surface area contributed by atoms with Crippen LogP contribution in [0.15, 0.2) is 22.9 Å². The normalized spacial score (nSPS) is 11.6. The van der Waals surface area contributed by atoms with Crippen molar-refractivity contribution in [3.8, 4) is 0 Å². The highest BCUT2D eigenvalue weighted by atomic mass is 35.5. The number of aryl methyl sites for hydroxylation is 1. The van der Waals surface area contributed by atoms with Gasteiger partial charge in [-0.25, -0.2) is 4.98 Å². The second-order valence-corrected chi connectivity index (χ2v) is 7.13. The Morgan fingerprint density at radius 2 is 2.08 bits per heavy atom. The van der Waals surface area contributed by atoms with E-state index in [0.717, 1.165) is 11.4 Å². The average molecular weight is 362 g/mol. The summed E-state index contributed by atoms with van der Waals surface area (Å²) < 4.78 is 5.15. The minimum atomic E-state index is -0.0235. The number of anilines is 3. The van der Waals surface area contributed by atoms with Gasteiger partial charge in [-0.05, 0) is 6.92 Å². The molecule has 0 saturated heterocycles. The van der Waals surface area contributed by atoms with Crippen molar-refractivity contribution in [2.45, 2.75) is 39.7 Å². The van der Waals surface area contributed by atoms with Gasteiger partial charge in [-0.2, -0.15) is 10.1 Å². The van der Waals surface area contributed by atoms with E-state index in [-0.39, 0.29) is 5.41 Å². The number of H-pyrrole nitrogens is 1.